The lowest BCUT2D eigenvalue weighted by molar-refractivity contribution is 0.228. The summed E-state index contributed by atoms with van der Waals surface area (Å²) in [6, 6.07) is 0.415. The monoisotopic (exact) mass is 209 g/mol. The fraction of sp³-hybridized carbons (Fsp3) is 1.00. The van der Waals surface area contributed by atoms with E-state index in [0.29, 0.717) is 18.9 Å². The van der Waals surface area contributed by atoms with Gasteiger partial charge in [-0.3, -0.25) is 0 Å². The summed E-state index contributed by atoms with van der Waals surface area (Å²) in [5.74, 6) is 0. The molecule has 0 aromatic heterocycles. The molecule has 3 nitrogen and oxygen atoms in total. The summed E-state index contributed by atoms with van der Waals surface area (Å²) in [4.78, 5) is 2.07. The van der Waals surface area contributed by atoms with Crippen molar-refractivity contribution in [3.8, 4) is 0 Å². The van der Waals surface area contributed by atoms with E-state index in [1.54, 1.807) is 0 Å². The third kappa shape index (κ3) is 2.91. The second kappa shape index (κ2) is 3.92. The Balaban J connectivity index is 2.49. The van der Waals surface area contributed by atoms with Crippen LogP contribution in [-0.4, -0.2) is 38.7 Å². The van der Waals surface area contributed by atoms with Gasteiger partial charge in [-0.2, -0.15) is 8.42 Å². The van der Waals surface area contributed by atoms with E-state index in [1.165, 1.54) is 0 Å². The summed E-state index contributed by atoms with van der Waals surface area (Å²) < 4.78 is 33.7. The third-order valence-electron chi connectivity index (χ3n) is 2.77. The molecular formula is C8H16FNO2S. The smallest absolute Gasteiger partial charge is 0.305 e. The van der Waals surface area contributed by atoms with Crippen LogP contribution in [-0.2, 0) is 10.2 Å². The van der Waals surface area contributed by atoms with Gasteiger partial charge >= 0.3 is 10.2 Å². The summed E-state index contributed by atoms with van der Waals surface area (Å²) in [5.41, 5.74) is 0. The Morgan fingerprint density at radius 3 is 1.92 bits per heavy atom. The Labute approximate surface area is 79.1 Å². The predicted octanol–water partition coefficient (Wildman–Crippen LogP) is 1.16. The van der Waals surface area contributed by atoms with E-state index in [0.717, 1.165) is 12.8 Å². The molecule has 0 N–H and O–H groups in total. The minimum Gasteiger partial charge on any atom is -0.306 e. The molecule has 1 rings (SSSR count). The maximum atomic E-state index is 12.6. The van der Waals surface area contributed by atoms with Gasteiger partial charge in [-0.15, -0.1) is 3.89 Å². The molecule has 0 saturated heterocycles. The lowest BCUT2D eigenvalue weighted by Crippen LogP contribution is -2.35. The predicted molar refractivity (Wildman–Crippen MR) is 49.8 cm³/mol. The highest BCUT2D eigenvalue weighted by atomic mass is 32.3. The van der Waals surface area contributed by atoms with Gasteiger partial charge in [-0.25, -0.2) is 0 Å². The van der Waals surface area contributed by atoms with Crippen LogP contribution >= 0.6 is 0 Å². The van der Waals surface area contributed by atoms with Crippen molar-refractivity contribution >= 4 is 10.2 Å². The first-order chi connectivity index (χ1) is 5.91. The van der Waals surface area contributed by atoms with E-state index in [9.17, 15) is 12.3 Å². The Morgan fingerprint density at radius 2 is 1.62 bits per heavy atom. The molecule has 0 radical (unpaired) electrons. The van der Waals surface area contributed by atoms with Crippen LogP contribution in [0, 0.1) is 0 Å². The Kier molecular flexibility index (Phi) is 3.29. The largest absolute Gasteiger partial charge is 0.306 e. The third-order valence-corrected chi connectivity index (χ3v) is 4.04. The lowest BCUT2D eigenvalue weighted by Gasteiger charge is -2.30. The first-order valence-electron chi connectivity index (χ1n) is 4.51. The Morgan fingerprint density at radius 1 is 1.15 bits per heavy atom. The zero-order chi connectivity index (χ0) is 10.1. The molecule has 1 aliphatic rings. The van der Waals surface area contributed by atoms with Crippen molar-refractivity contribution in [2.24, 2.45) is 0 Å². The molecule has 0 aromatic carbocycles. The minimum absolute atomic E-state index is 0.415. The zero-order valence-corrected chi connectivity index (χ0v) is 8.85. The van der Waals surface area contributed by atoms with E-state index in [2.05, 4.69) is 4.90 Å². The molecular weight excluding hydrogens is 193 g/mol. The first kappa shape index (κ1) is 10.9. The molecule has 5 heteroatoms. The van der Waals surface area contributed by atoms with Gasteiger partial charge in [0.15, 0.2) is 0 Å². The van der Waals surface area contributed by atoms with Crippen molar-refractivity contribution in [2.75, 3.05) is 14.1 Å². The number of halogens is 1. The Bertz CT molecular complexity index is 255. The van der Waals surface area contributed by atoms with E-state index < -0.39 is 15.5 Å². The van der Waals surface area contributed by atoms with Crippen LogP contribution in [0.4, 0.5) is 3.89 Å². The van der Waals surface area contributed by atoms with Crippen molar-refractivity contribution in [2.45, 2.75) is 37.0 Å². The van der Waals surface area contributed by atoms with Crippen LogP contribution in [0.15, 0.2) is 0 Å². The van der Waals surface area contributed by atoms with E-state index in [1.807, 2.05) is 14.1 Å². The molecule has 13 heavy (non-hydrogen) atoms. The molecule has 0 amide bonds. The average molecular weight is 209 g/mol. The summed E-state index contributed by atoms with van der Waals surface area (Å²) in [5, 5.41) is -0.747. The molecule has 0 aliphatic heterocycles. The topological polar surface area (TPSA) is 37.4 Å². The summed E-state index contributed by atoms with van der Waals surface area (Å²) in [6.07, 6.45) is 2.48. The van der Waals surface area contributed by atoms with Gasteiger partial charge < -0.3 is 4.90 Å². The highest BCUT2D eigenvalue weighted by Gasteiger charge is 2.31. The maximum Gasteiger partial charge on any atom is 0.305 e. The number of rotatable bonds is 2. The lowest BCUT2D eigenvalue weighted by atomic mass is 9.94. The van der Waals surface area contributed by atoms with Gasteiger partial charge in [0.25, 0.3) is 0 Å². The van der Waals surface area contributed by atoms with E-state index >= 15 is 0 Å². The highest BCUT2D eigenvalue weighted by molar-refractivity contribution is 7.87. The van der Waals surface area contributed by atoms with Crippen LogP contribution in [0.25, 0.3) is 0 Å². The van der Waals surface area contributed by atoms with E-state index in [-0.39, 0.29) is 0 Å². The standard InChI is InChI=1S/C8H16FNO2S/c1-10(2)7-3-5-8(6-4-7)13(9,11)12/h7-8H,3-6H2,1-2H3. The quantitative estimate of drug-likeness (QED) is 0.640. The van der Waals surface area contributed by atoms with E-state index in [4.69, 9.17) is 0 Å². The van der Waals surface area contributed by atoms with Crippen LogP contribution < -0.4 is 0 Å². The molecule has 0 bridgehead atoms. The number of nitrogens with zero attached hydrogens (tertiary/aromatic N) is 1. The Hall–Kier alpha value is -0.160. The molecule has 1 fully saturated rings. The number of hydrogen-bond donors (Lipinski definition) is 0. The van der Waals surface area contributed by atoms with Gasteiger partial charge in [0.05, 0.1) is 5.25 Å². The molecule has 1 aliphatic carbocycles. The molecule has 78 valence electrons. The van der Waals surface area contributed by atoms with Crippen molar-refractivity contribution < 1.29 is 12.3 Å². The fourth-order valence-corrected chi connectivity index (χ4v) is 2.68. The van der Waals surface area contributed by atoms with Crippen LogP contribution in [0.1, 0.15) is 25.7 Å². The highest BCUT2D eigenvalue weighted by Crippen LogP contribution is 2.26. The zero-order valence-electron chi connectivity index (χ0n) is 8.03. The number of hydrogen-bond acceptors (Lipinski definition) is 3. The second-order valence-corrected chi connectivity index (χ2v) is 5.49. The molecule has 0 aromatic rings. The van der Waals surface area contributed by atoms with Gasteiger partial charge in [0.1, 0.15) is 0 Å². The molecule has 0 heterocycles. The fourth-order valence-electron chi connectivity index (χ4n) is 1.84. The van der Waals surface area contributed by atoms with Gasteiger partial charge in [-0.05, 0) is 39.8 Å². The van der Waals surface area contributed by atoms with Crippen molar-refractivity contribution in [1.82, 2.24) is 4.90 Å². The molecule has 0 atom stereocenters. The van der Waals surface area contributed by atoms with Crippen molar-refractivity contribution in [3.63, 3.8) is 0 Å². The van der Waals surface area contributed by atoms with Gasteiger partial charge in [-0.1, -0.05) is 0 Å². The first-order valence-corrected chi connectivity index (χ1v) is 5.96. The van der Waals surface area contributed by atoms with Crippen LogP contribution in [0.5, 0.6) is 0 Å². The summed E-state index contributed by atoms with van der Waals surface area (Å²) in [7, 11) is -0.359. The molecule has 1 saturated carbocycles. The normalized spacial score (nSPS) is 30.8. The van der Waals surface area contributed by atoms with Gasteiger partial charge in [0.2, 0.25) is 0 Å². The van der Waals surface area contributed by atoms with Crippen molar-refractivity contribution in [1.29, 1.82) is 0 Å². The summed E-state index contributed by atoms with van der Waals surface area (Å²) >= 11 is 0. The summed E-state index contributed by atoms with van der Waals surface area (Å²) in [6.45, 7) is 0. The SMILES string of the molecule is CN(C)C1CCC(S(=O)(=O)F)CC1. The second-order valence-electron chi connectivity index (χ2n) is 3.87. The molecule has 0 unspecified atom stereocenters. The average Bonchev–Trinajstić information content (AvgIpc) is 2.03. The van der Waals surface area contributed by atoms with Crippen LogP contribution in [0.2, 0.25) is 0 Å². The minimum atomic E-state index is -4.29. The van der Waals surface area contributed by atoms with Crippen molar-refractivity contribution in [3.05, 3.63) is 0 Å². The molecule has 0 spiro atoms. The van der Waals surface area contributed by atoms with Gasteiger partial charge in [0, 0.05) is 6.04 Å². The van der Waals surface area contributed by atoms with Crippen LogP contribution in [0.3, 0.4) is 0 Å². The maximum absolute atomic E-state index is 12.6.